The summed E-state index contributed by atoms with van der Waals surface area (Å²) in [4.78, 5) is 4.14. The zero-order valence-electron chi connectivity index (χ0n) is 11.1. The second-order valence-corrected chi connectivity index (χ2v) is 5.31. The Kier molecular flexibility index (Phi) is 4.93. The van der Waals surface area contributed by atoms with E-state index in [1.165, 1.54) is 5.56 Å². The molecular weight excluding hydrogens is 304 g/mol. The van der Waals surface area contributed by atoms with Gasteiger partial charge in [0.15, 0.2) is 0 Å². The van der Waals surface area contributed by atoms with Crippen molar-refractivity contribution in [2.75, 3.05) is 7.05 Å². The molecule has 19 heavy (non-hydrogen) atoms. The van der Waals surface area contributed by atoms with Crippen LogP contribution in [0.1, 0.15) is 16.7 Å². The van der Waals surface area contributed by atoms with Gasteiger partial charge in [-0.25, -0.2) is 0 Å². The highest BCUT2D eigenvalue weighted by Crippen LogP contribution is 2.24. The maximum atomic E-state index is 5.96. The van der Waals surface area contributed by atoms with E-state index in [-0.39, 0.29) is 0 Å². The molecule has 1 heterocycles. The summed E-state index contributed by atoms with van der Waals surface area (Å²) >= 11 is 3.41. The number of nitrogens with one attached hydrogen (secondary N) is 1. The van der Waals surface area contributed by atoms with Crippen LogP contribution in [0, 0.1) is 6.92 Å². The summed E-state index contributed by atoms with van der Waals surface area (Å²) in [5, 5.41) is 3.16. The van der Waals surface area contributed by atoms with Crippen molar-refractivity contribution >= 4 is 15.9 Å². The van der Waals surface area contributed by atoms with Gasteiger partial charge in [-0.15, -0.1) is 0 Å². The highest BCUT2D eigenvalue weighted by atomic mass is 79.9. The average molecular weight is 321 g/mol. The van der Waals surface area contributed by atoms with E-state index < -0.39 is 0 Å². The Morgan fingerprint density at radius 3 is 2.89 bits per heavy atom. The highest BCUT2D eigenvalue weighted by Gasteiger charge is 2.06. The second-order valence-electron chi connectivity index (χ2n) is 4.39. The lowest BCUT2D eigenvalue weighted by atomic mass is 10.1. The molecule has 1 aromatic heterocycles. The molecule has 1 N–H and O–H groups in total. The summed E-state index contributed by atoms with van der Waals surface area (Å²) in [7, 11) is 1.93. The molecule has 0 bridgehead atoms. The van der Waals surface area contributed by atoms with Crippen LogP contribution in [0.5, 0.6) is 5.75 Å². The predicted molar refractivity (Wildman–Crippen MR) is 80.2 cm³/mol. The number of halogens is 1. The first-order chi connectivity index (χ1) is 9.20. The van der Waals surface area contributed by atoms with E-state index in [1.54, 1.807) is 6.20 Å². The van der Waals surface area contributed by atoms with Crippen LogP contribution in [-0.4, -0.2) is 12.0 Å². The maximum absolute atomic E-state index is 5.96. The number of nitrogens with zero attached hydrogens (tertiary/aromatic N) is 1. The molecule has 0 saturated heterocycles. The van der Waals surface area contributed by atoms with Gasteiger partial charge in [0.05, 0.1) is 0 Å². The highest BCUT2D eigenvalue weighted by molar-refractivity contribution is 9.10. The van der Waals surface area contributed by atoms with Crippen LogP contribution >= 0.6 is 15.9 Å². The normalized spacial score (nSPS) is 10.5. The lowest BCUT2D eigenvalue weighted by Gasteiger charge is -2.14. The molecule has 0 radical (unpaired) electrons. The molecule has 0 fully saturated rings. The molecule has 2 rings (SSSR count). The van der Waals surface area contributed by atoms with E-state index in [0.717, 1.165) is 27.9 Å². The predicted octanol–water partition coefficient (Wildman–Crippen LogP) is 3.45. The lowest BCUT2D eigenvalue weighted by molar-refractivity contribution is 0.299. The minimum atomic E-state index is 0.522. The Labute approximate surface area is 122 Å². The van der Waals surface area contributed by atoms with Gasteiger partial charge in [-0.2, -0.15) is 0 Å². The molecular formula is C15H17BrN2O. The van der Waals surface area contributed by atoms with Crippen LogP contribution < -0.4 is 10.1 Å². The number of rotatable bonds is 5. The molecule has 2 aromatic rings. The third kappa shape index (κ3) is 3.78. The average Bonchev–Trinajstić information content (AvgIpc) is 2.38. The Hall–Kier alpha value is -1.39. The minimum Gasteiger partial charge on any atom is -0.488 e. The van der Waals surface area contributed by atoms with Gasteiger partial charge in [0.25, 0.3) is 0 Å². The van der Waals surface area contributed by atoms with Crippen molar-refractivity contribution in [1.29, 1.82) is 0 Å². The summed E-state index contributed by atoms with van der Waals surface area (Å²) in [6.45, 7) is 3.38. The number of pyridine rings is 1. The molecule has 0 saturated carbocycles. The van der Waals surface area contributed by atoms with Crippen molar-refractivity contribution in [3.63, 3.8) is 0 Å². The summed E-state index contributed by atoms with van der Waals surface area (Å²) in [5.74, 6) is 0.955. The minimum absolute atomic E-state index is 0.522. The standard InChI is InChI=1S/C15H17BrN2O/c1-11-4-3-5-13(8-17-2)15(11)19-10-12-6-14(16)9-18-7-12/h3-7,9,17H,8,10H2,1-2H3. The smallest absolute Gasteiger partial charge is 0.127 e. The van der Waals surface area contributed by atoms with Crippen LogP contribution in [0.4, 0.5) is 0 Å². The van der Waals surface area contributed by atoms with Gasteiger partial charge in [0.2, 0.25) is 0 Å². The molecule has 0 unspecified atom stereocenters. The maximum Gasteiger partial charge on any atom is 0.127 e. The monoisotopic (exact) mass is 320 g/mol. The van der Waals surface area contributed by atoms with Crippen LogP contribution in [0.15, 0.2) is 41.1 Å². The SMILES string of the molecule is CNCc1cccc(C)c1OCc1cncc(Br)c1. The Morgan fingerprint density at radius 1 is 1.32 bits per heavy atom. The van der Waals surface area contributed by atoms with Gasteiger partial charge in [-0.05, 0) is 41.5 Å². The fourth-order valence-electron chi connectivity index (χ4n) is 1.94. The number of hydrogen-bond acceptors (Lipinski definition) is 3. The summed E-state index contributed by atoms with van der Waals surface area (Å²) in [6, 6.07) is 8.21. The molecule has 4 heteroatoms. The van der Waals surface area contributed by atoms with Crippen molar-refractivity contribution in [2.45, 2.75) is 20.1 Å². The molecule has 0 amide bonds. The number of ether oxygens (including phenoxy) is 1. The van der Waals surface area contributed by atoms with E-state index in [2.05, 4.69) is 51.4 Å². The quantitative estimate of drug-likeness (QED) is 0.916. The molecule has 100 valence electrons. The van der Waals surface area contributed by atoms with E-state index in [1.807, 2.05) is 19.3 Å². The zero-order chi connectivity index (χ0) is 13.7. The van der Waals surface area contributed by atoms with Gasteiger partial charge < -0.3 is 10.1 Å². The first kappa shape index (κ1) is 14.0. The van der Waals surface area contributed by atoms with Gasteiger partial charge in [0, 0.05) is 34.5 Å². The number of hydrogen-bond donors (Lipinski definition) is 1. The van der Waals surface area contributed by atoms with Gasteiger partial charge in [-0.3, -0.25) is 4.98 Å². The molecule has 0 aliphatic heterocycles. The van der Waals surface area contributed by atoms with Gasteiger partial charge in [0.1, 0.15) is 12.4 Å². The van der Waals surface area contributed by atoms with Crippen molar-refractivity contribution in [2.24, 2.45) is 0 Å². The first-order valence-corrected chi connectivity index (χ1v) is 6.95. The lowest BCUT2D eigenvalue weighted by Crippen LogP contribution is -2.08. The fraction of sp³-hybridized carbons (Fsp3) is 0.267. The molecule has 0 aliphatic carbocycles. The molecule has 1 aromatic carbocycles. The molecule has 0 spiro atoms. The molecule has 0 atom stereocenters. The second kappa shape index (κ2) is 6.68. The van der Waals surface area contributed by atoms with Crippen LogP contribution in [0.3, 0.4) is 0 Å². The Balaban J connectivity index is 2.14. The van der Waals surface area contributed by atoms with Crippen molar-refractivity contribution in [3.8, 4) is 5.75 Å². The van der Waals surface area contributed by atoms with Crippen LogP contribution in [-0.2, 0) is 13.2 Å². The topological polar surface area (TPSA) is 34.1 Å². The Bertz CT molecular complexity index is 558. The molecule has 3 nitrogen and oxygen atoms in total. The van der Waals surface area contributed by atoms with E-state index in [9.17, 15) is 0 Å². The third-order valence-electron chi connectivity index (χ3n) is 2.81. The first-order valence-electron chi connectivity index (χ1n) is 6.16. The zero-order valence-corrected chi connectivity index (χ0v) is 12.7. The van der Waals surface area contributed by atoms with Crippen molar-refractivity contribution < 1.29 is 4.74 Å². The summed E-state index contributed by atoms with van der Waals surface area (Å²) < 4.78 is 6.93. The van der Waals surface area contributed by atoms with Crippen LogP contribution in [0.25, 0.3) is 0 Å². The van der Waals surface area contributed by atoms with Gasteiger partial charge >= 0.3 is 0 Å². The van der Waals surface area contributed by atoms with E-state index in [4.69, 9.17) is 4.74 Å². The fourth-order valence-corrected chi connectivity index (χ4v) is 2.35. The largest absolute Gasteiger partial charge is 0.488 e. The third-order valence-corrected chi connectivity index (χ3v) is 3.24. The van der Waals surface area contributed by atoms with Crippen molar-refractivity contribution in [3.05, 3.63) is 57.8 Å². The van der Waals surface area contributed by atoms with Gasteiger partial charge in [-0.1, -0.05) is 18.2 Å². The number of aromatic nitrogens is 1. The summed E-state index contributed by atoms with van der Waals surface area (Å²) in [6.07, 6.45) is 3.59. The summed E-state index contributed by atoms with van der Waals surface area (Å²) in [5.41, 5.74) is 3.37. The number of benzene rings is 1. The van der Waals surface area contributed by atoms with Crippen molar-refractivity contribution in [1.82, 2.24) is 10.3 Å². The number of para-hydroxylation sites is 1. The van der Waals surface area contributed by atoms with E-state index in [0.29, 0.717) is 6.61 Å². The molecule has 0 aliphatic rings. The Morgan fingerprint density at radius 2 is 2.16 bits per heavy atom. The van der Waals surface area contributed by atoms with E-state index >= 15 is 0 Å². The van der Waals surface area contributed by atoms with Crippen LogP contribution in [0.2, 0.25) is 0 Å². The number of aryl methyl sites for hydroxylation is 1.